The average molecular weight is 349 g/mol. The zero-order chi connectivity index (χ0) is 18.5. The van der Waals surface area contributed by atoms with Gasteiger partial charge in [-0.2, -0.15) is 0 Å². The number of nitro groups is 1. The lowest BCUT2D eigenvalue weighted by atomic mass is 10.1. The third-order valence-electron chi connectivity index (χ3n) is 3.58. The van der Waals surface area contributed by atoms with Gasteiger partial charge in [-0.25, -0.2) is 0 Å². The number of rotatable bonds is 5. The van der Waals surface area contributed by atoms with Gasteiger partial charge in [-0.3, -0.25) is 14.9 Å². The van der Waals surface area contributed by atoms with Gasteiger partial charge in [-0.1, -0.05) is 12.1 Å². The van der Waals surface area contributed by atoms with Crippen LogP contribution in [0, 0.1) is 10.1 Å². The van der Waals surface area contributed by atoms with E-state index in [0.29, 0.717) is 28.4 Å². The van der Waals surface area contributed by atoms with Crippen LogP contribution in [-0.2, 0) is 0 Å². The molecule has 0 saturated heterocycles. The molecule has 0 radical (unpaired) electrons. The van der Waals surface area contributed by atoms with Crippen LogP contribution >= 0.6 is 0 Å². The Labute approximate surface area is 149 Å². The molecule has 3 rings (SSSR count). The Morgan fingerprint density at radius 2 is 1.62 bits per heavy atom. The number of ether oxygens (including phenoxy) is 1. The highest BCUT2D eigenvalue weighted by Gasteiger charge is 2.14. The number of hydrogen-bond acceptors (Lipinski definition) is 5. The zero-order valence-corrected chi connectivity index (χ0v) is 13.6. The first-order chi connectivity index (χ1) is 12.5. The van der Waals surface area contributed by atoms with Crippen molar-refractivity contribution in [2.75, 3.05) is 11.1 Å². The van der Waals surface area contributed by atoms with Crippen molar-refractivity contribution in [3.8, 4) is 11.5 Å². The zero-order valence-electron chi connectivity index (χ0n) is 13.6. The molecule has 7 heteroatoms. The second kappa shape index (κ2) is 7.35. The van der Waals surface area contributed by atoms with Crippen LogP contribution in [0.25, 0.3) is 0 Å². The molecule has 130 valence electrons. The highest BCUT2D eigenvalue weighted by Crippen LogP contribution is 2.27. The van der Waals surface area contributed by atoms with E-state index in [0.717, 1.165) is 0 Å². The lowest BCUT2D eigenvalue weighted by molar-refractivity contribution is -0.384. The van der Waals surface area contributed by atoms with E-state index in [1.165, 1.54) is 24.3 Å². The number of amides is 1. The molecule has 7 nitrogen and oxygen atoms in total. The molecule has 1 amide bonds. The van der Waals surface area contributed by atoms with Gasteiger partial charge in [0.15, 0.2) is 0 Å². The number of nitrogens with zero attached hydrogens (tertiary/aromatic N) is 1. The number of anilines is 2. The SMILES string of the molecule is Nc1ccc(NC(=O)c2ccccc2Oc2ccc([N+](=O)[O-])cc2)cc1. The normalized spacial score (nSPS) is 10.2. The second-order valence-corrected chi connectivity index (χ2v) is 5.43. The molecule has 0 heterocycles. The Hall–Kier alpha value is -3.87. The van der Waals surface area contributed by atoms with Gasteiger partial charge >= 0.3 is 0 Å². The molecule has 0 atom stereocenters. The molecule has 0 bridgehead atoms. The van der Waals surface area contributed by atoms with Gasteiger partial charge < -0.3 is 15.8 Å². The largest absolute Gasteiger partial charge is 0.457 e. The minimum Gasteiger partial charge on any atom is -0.457 e. The molecule has 3 aromatic rings. The summed E-state index contributed by atoms with van der Waals surface area (Å²) in [6, 6.07) is 19.2. The Morgan fingerprint density at radius 3 is 2.27 bits per heavy atom. The van der Waals surface area contributed by atoms with Crippen molar-refractivity contribution in [2.24, 2.45) is 0 Å². The summed E-state index contributed by atoms with van der Waals surface area (Å²) in [6.45, 7) is 0. The summed E-state index contributed by atoms with van der Waals surface area (Å²) in [4.78, 5) is 22.8. The van der Waals surface area contributed by atoms with E-state index >= 15 is 0 Å². The maximum Gasteiger partial charge on any atom is 0.269 e. The quantitative estimate of drug-likeness (QED) is 0.407. The topological polar surface area (TPSA) is 107 Å². The number of nitrogen functional groups attached to an aromatic ring is 1. The third-order valence-corrected chi connectivity index (χ3v) is 3.58. The highest BCUT2D eigenvalue weighted by atomic mass is 16.6. The van der Waals surface area contributed by atoms with Gasteiger partial charge in [-0.15, -0.1) is 0 Å². The summed E-state index contributed by atoms with van der Waals surface area (Å²) < 4.78 is 5.72. The number of nitrogens with two attached hydrogens (primary N) is 1. The van der Waals surface area contributed by atoms with Crippen molar-refractivity contribution >= 4 is 23.0 Å². The van der Waals surface area contributed by atoms with Crippen LogP contribution in [0.5, 0.6) is 11.5 Å². The standard InChI is InChI=1S/C19H15N3O4/c20-13-5-7-14(8-6-13)21-19(23)17-3-1-2-4-18(17)26-16-11-9-15(10-12-16)22(24)25/h1-12H,20H2,(H,21,23). The number of hydrogen-bond donors (Lipinski definition) is 2. The summed E-state index contributed by atoms with van der Waals surface area (Å²) in [5.41, 5.74) is 7.14. The Kier molecular flexibility index (Phi) is 4.80. The van der Waals surface area contributed by atoms with E-state index in [1.807, 2.05) is 0 Å². The van der Waals surface area contributed by atoms with Crippen LogP contribution < -0.4 is 15.8 Å². The van der Waals surface area contributed by atoms with Gasteiger partial charge in [-0.05, 0) is 48.5 Å². The van der Waals surface area contributed by atoms with E-state index in [9.17, 15) is 14.9 Å². The van der Waals surface area contributed by atoms with Gasteiger partial charge in [0.2, 0.25) is 0 Å². The number of nitro benzene ring substituents is 1. The molecule has 0 saturated carbocycles. The number of para-hydroxylation sites is 1. The number of benzene rings is 3. The molecule has 0 fully saturated rings. The van der Waals surface area contributed by atoms with Crippen LogP contribution in [0.1, 0.15) is 10.4 Å². The summed E-state index contributed by atoms with van der Waals surface area (Å²) in [5, 5.41) is 13.5. The molecule has 0 spiro atoms. The smallest absolute Gasteiger partial charge is 0.269 e. The van der Waals surface area contributed by atoms with E-state index in [4.69, 9.17) is 10.5 Å². The monoisotopic (exact) mass is 349 g/mol. The fourth-order valence-corrected chi connectivity index (χ4v) is 2.27. The summed E-state index contributed by atoms with van der Waals surface area (Å²) in [5.74, 6) is 0.393. The summed E-state index contributed by atoms with van der Waals surface area (Å²) in [6.07, 6.45) is 0. The average Bonchev–Trinajstić information content (AvgIpc) is 2.64. The second-order valence-electron chi connectivity index (χ2n) is 5.43. The Morgan fingerprint density at radius 1 is 0.962 bits per heavy atom. The van der Waals surface area contributed by atoms with Crippen LogP contribution in [0.3, 0.4) is 0 Å². The van der Waals surface area contributed by atoms with Gasteiger partial charge in [0.25, 0.3) is 11.6 Å². The number of non-ortho nitro benzene ring substituents is 1. The first-order valence-corrected chi connectivity index (χ1v) is 7.71. The molecular weight excluding hydrogens is 334 g/mol. The molecule has 3 aromatic carbocycles. The molecule has 26 heavy (non-hydrogen) atoms. The van der Waals surface area contributed by atoms with Crippen molar-refractivity contribution in [1.29, 1.82) is 0 Å². The molecule has 3 N–H and O–H groups in total. The fraction of sp³-hybridized carbons (Fsp3) is 0. The van der Waals surface area contributed by atoms with Gasteiger partial charge in [0.1, 0.15) is 11.5 Å². The fourth-order valence-electron chi connectivity index (χ4n) is 2.27. The Bertz CT molecular complexity index is 938. The number of nitrogens with one attached hydrogen (secondary N) is 1. The van der Waals surface area contributed by atoms with E-state index < -0.39 is 4.92 Å². The molecule has 0 aliphatic carbocycles. The van der Waals surface area contributed by atoms with E-state index in [1.54, 1.807) is 48.5 Å². The molecule has 0 aliphatic rings. The summed E-state index contributed by atoms with van der Waals surface area (Å²) >= 11 is 0. The molecule has 0 aromatic heterocycles. The lowest BCUT2D eigenvalue weighted by Crippen LogP contribution is -2.13. The van der Waals surface area contributed by atoms with Crippen molar-refractivity contribution in [3.05, 3.63) is 88.5 Å². The van der Waals surface area contributed by atoms with Crippen LogP contribution in [-0.4, -0.2) is 10.8 Å². The number of carbonyl (C=O) groups excluding carboxylic acids is 1. The van der Waals surface area contributed by atoms with E-state index in [2.05, 4.69) is 5.32 Å². The molecule has 0 aliphatic heterocycles. The molecular formula is C19H15N3O4. The van der Waals surface area contributed by atoms with Crippen LogP contribution in [0.15, 0.2) is 72.8 Å². The Balaban J connectivity index is 1.80. The predicted octanol–water partition coefficient (Wildman–Crippen LogP) is 4.22. The maximum atomic E-state index is 12.5. The van der Waals surface area contributed by atoms with Gasteiger partial charge in [0, 0.05) is 23.5 Å². The summed E-state index contributed by atoms with van der Waals surface area (Å²) in [7, 11) is 0. The molecule has 0 unspecified atom stereocenters. The van der Waals surface area contributed by atoms with E-state index in [-0.39, 0.29) is 11.6 Å². The van der Waals surface area contributed by atoms with Crippen LogP contribution in [0.2, 0.25) is 0 Å². The minimum atomic E-state index is -0.488. The minimum absolute atomic E-state index is 0.0354. The highest BCUT2D eigenvalue weighted by molar-refractivity contribution is 6.06. The van der Waals surface area contributed by atoms with Crippen molar-refractivity contribution < 1.29 is 14.5 Å². The first kappa shape index (κ1) is 17.0. The first-order valence-electron chi connectivity index (χ1n) is 7.71. The predicted molar refractivity (Wildman–Crippen MR) is 98.4 cm³/mol. The van der Waals surface area contributed by atoms with Crippen molar-refractivity contribution in [1.82, 2.24) is 0 Å². The lowest BCUT2D eigenvalue weighted by Gasteiger charge is -2.11. The van der Waals surface area contributed by atoms with Crippen molar-refractivity contribution in [2.45, 2.75) is 0 Å². The van der Waals surface area contributed by atoms with Gasteiger partial charge in [0.05, 0.1) is 10.5 Å². The third kappa shape index (κ3) is 3.96. The van der Waals surface area contributed by atoms with Crippen molar-refractivity contribution in [3.63, 3.8) is 0 Å². The maximum absolute atomic E-state index is 12.5. The number of carbonyl (C=O) groups is 1. The van der Waals surface area contributed by atoms with Crippen LogP contribution in [0.4, 0.5) is 17.1 Å².